The summed E-state index contributed by atoms with van der Waals surface area (Å²) < 4.78 is 0. The second kappa shape index (κ2) is 8.52. The van der Waals surface area contributed by atoms with Crippen LogP contribution in [0.25, 0.3) is 16.7 Å². The molecule has 4 heteroatoms. The van der Waals surface area contributed by atoms with Gasteiger partial charge in [0.15, 0.2) is 0 Å². The number of benzene rings is 1. The number of pyridine rings is 1. The third-order valence-corrected chi connectivity index (χ3v) is 5.78. The first kappa shape index (κ1) is 19.8. The van der Waals surface area contributed by atoms with Crippen LogP contribution in [0.4, 0.5) is 0 Å². The van der Waals surface area contributed by atoms with Crippen LogP contribution in [0, 0.1) is 10.8 Å². The van der Waals surface area contributed by atoms with E-state index in [0.717, 1.165) is 51.1 Å². The monoisotopic (exact) mass is 414 g/mol. The van der Waals surface area contributed by atoms with Gasteiger partial charge in [-0.3, -0.25) is 20.8 Å². The molecule has 154 valence electrons. The molecule has 1 aromatic heterocycles. The van der Waals surface area contributed by atoms with Gasteiger partial charge in [-0.05, 0) is 63.6 Å². The van der Waals surface area contributed by atoms with E-state index in [9.17, 15) is 0 Å². The second-order valence-electron chi connectivity index (χ2n) is 7.84. The normalized spacial score (nSPS) is 17.9. The molecule has 0 radical (unpaired) electrons. The van der Waals surface area contributed by atoms with Gasteiger partial charge in [0.25, 0.3) is 0 Å². The molecule has 32 heavy (non-hydrogen) atoms. The van der Waals surface area contributed by atoms with Crippen LogP contribution in [-0.4, -0.2) is 29.2 Å². The van der Waals surface area contributed by atoms with E-state index in [1.807, 2.05) is 30.6 Å². The average Bonchev–Trinajstić information content (AvgIpc) is 3.26. The number of nitrogens with zero attached hydrogens (tertiary/aromatic N) is 2. The Morgan fingerprint density at radius 1 is 0.812 bits per heavy atom. The zero-order chi connectivity index (χ0) is 21.9. The maximum absolute atomic E-state index is 8.52. The van der Waals surface area contributed by atoms with Crippen molar-refractivity contribution >= 4 is 34.4 Å². The van der Waals surface area contributed by atoms with E-state index in [1.165, 1.54) is 0 Å². The first-order valence-electron chi connectivity index (χ1n) is 10.6. The Morgan fingerprint density at radius 2 is 1.62 bits per heavy atom. The Morgan fingerprint density at radius 3 is 2.34 bits per heavy atom. The van der Waals surface area contributed by atoms with Crippen molar-refractivity contribution < 1.29 is 0 Å². The molecule has 0 saturated carbocycles. The summed E-state index contributed by atoms with van der Waals surface area (Å²) in [5, 5.41) is 16.9. The van der Waals surface area contributed by atoms with Crippen LogP contribution in [0.2, 0.25) is 0 Å². The Kier molecular flexibility index (Phi) is 5.26. The van der Waals surface area contributed by atoms with Gasteiger partial charge in [0.2, 0.25) is 0 Å². The third-order valence-electron chi connectivity index (χ3n) is 5.78. The number of allylic oxidation sites excluding steroid dienone is 11. The van der Waals surface area contributed by atoms with Crippen LogP contribution in [-0.2, 0) is 0 Å². The minimum Gasteiger partial charge on any atom is -0.299 e. The number of rotatable bonds is 4. The van der Waals surface area contributed by atoms with E-state index < -0.39 is 0 Å². The number of aromatic nitrogens is 1. The maximum Gasteiger partial charge on any atom is 0.0864 e. The molecule has 0 atom stereocenters. The fourth-order valence-electron chi connectivity index (χ4n) is 4.02. The predicted molar refractivity (Wildman–Crippen MR) is 133 cm³/mol. The molecule has 1 aliphatic heterocycles. The number of nitrogens with one attached hydrogen (secondary N) is 2. The molecule has 0 fully saturated rings. The molecule has 2 aliphatic carbocycles. The van der Waals surface area contributed by atoms with E-state index in [-0.39, 0.29) is 11.4 Å². The molecule has 0 amide bonds. The molecular formula is C28H22N4. The zero-order valence-electron chi connectivity index (χ0n) is 17.5. The molecule has 5 rings (SSSR count). The fourth-order valence-corrected chi connectivity index (χ4v) is 4.02. The predicted octanol–water partition coefficient (Wildman–Crippen LogP) is 5.88. The lowest BCUT2D eigenvalue weighted by molar-refractivity contribution is 1.26. The van der Waals surface area contributed by atoms with E-state index >= 15 is 0 Å². The van der Waals surface area contributed by atoms with Crippen molar-refractivity contribution in [3.05, 3.63) is 119 Å². The summed E-state index contributed by atoms with van der Waals surface area (Å²) in [5.41, 5.74) is 8.75. The minimum absolute atomic E-state index is 0.234. The lowest BCUT2D eigenvalue weighted by atomic mass is 9.86. The summed E-state index contributed by atoms with van der Waals surface area (Å²) in [4.78, 5) is 8.46. The van der Waals surface area contributed by atoms with Crippen molar-refractivity contribution in [2.24, 2.45) is 4.99 Å². The highest BCUT2D eigenvalue weighted by molar-refractivity contribution is 6.53. The molecule has 0 saturated heterocycles. The fraction of sp³-hybridized carbons (Fsp3) is 0.0714. The molecule has 0 unspecified atom stereocenters. The molecule has 2 N–H and O–H groups in total. The Balaban J connectivity index is 1.47. The van der Waals surface area contributed by atoms with E-state index in [2.05, 4.69) is 64.6 Å². The van der Waals surface area contributed by atoms with Crippen molar-refractivity contribution in [3.63, 3.8) is 0 Å². The van der Waals surface area contributed by atoms with Crippen molar-refractivity contribution in [3.8, 4) is 0 Å². The van der Waals surface area contributed by atoms with Crippen molar-refractivity contribution in [2.75, 3.05) is 6.54 Å². The SMILES string of the molecule is N=C1C=C(c2ccc(C3=CCN=C3)cc2)C=C(C2=CC=C(c3cccnc3)C=CC2)C1=N. The van der Waals surface area contributed by atoms with Crippen molar-refractivity contribution in [1.82, 2.24) is 4.98 Å². The second-order valence-corrected chi connectivity index (χ2v) is 7.84. The van der Waals surface area contributed by atoms with Crippen LogP contribution in [0.5, 0.6) is 0 Å². The van der Waals surface area contributed by atoms with E-state index in [4.69, 9.17) is 10.8 Å². The number of hydrogen-bond donors (Lipinski definition) is 2. The summed E-state index contributed by atoms with van der Waals surface area (Å²) in [7, 11) is 0. The number of aliphatic imine (C=N–C) groups is 1. The molecule has 2 aromatic rings. The standard InChI is InChI=1S/C28H22N4/c29-27-16-25(21-8-6-20(7-9-21)24-12-14-32-18-24)15-26(28(27)30)22-4-1-3-19(10-11-22)23-5-2-13-31-17-23/h1-3,5-13,15-18,29-30H,4,14H2. The van der Waals surface area contributed by atoms with Gasteiger partial charge in [-0.25, -0.2) is 0 Å². The smallest absolute Gasteiger partial charge is 0.0864 e. The van der Waals surface area contributed by atoms with Crippen molar-refractivity contribution in [2.45, 2.75) is 6.42 Å². The molecule has 2 heterocycles. The van der Waals surface area contributed by atoms with Gasteiger partial charge in [-0.15, -0.1) is 0 Å². The molecule has 0 spiro atoms. The summed E-state index contributed by atoms with van der Waals surface area (Å²) >= 11 is 0. The lowest BCUT2D eigenvalue weighted by Crippen LogP contribution is -2.18. The van der Waals surface area contributed by atoms with Crippen LogP contribution in [0.1, 0.15) is 23.1 Å². The highest BCUT2D eigenvalue weighted by atomic mass is 14.7. The van der Waals surface area contributed by atoms with Gasteiger partial charge in [0, 0.05) is 24.2 Å². The highest BCUT2D eigenvalue weighted by Crippen LogP contribution is 2.30. The Hall–Kier alpha value is -4.18. The van der Waals surface area contributed by atoms with Crippen molar-refractivity contribution in [1.29, 1.82) is 10.8 Å². The molecule has 3 aliphatic rings. The van der Waals surface area contributed by atoms with E-state index in [1.54, 1.807) is 12.3 Å². The summed E-state index contributed by atoms with van der Waals surface area (Å²) in [6.07, 6.45) is 20.5. The zero-order valence-corrected chi connectivity index (χ0v) is 17.5. The van der Waals surface area contributed by atoms with E-state index in [0.29, 0.717) is 6.42 Å². The topological polar surface area (TPSA) is 73.0 Å². The summed E-state index contributed by atoms with van der Waals surface area (Å²) in [5.74, 6) is 0. The third kappa shape index (κ3) is 3.91. The van der Waals surface area contributed by atoms with Crippen LogP contribution in [0.15, 0.2) is 107 Å². The Labute approximate surface area is 187 Å². The first-order chi connectivity index (χ1) is 15.7. The first-order valence-corrected chi connectivity index (χ1v) is 10.6. The van der Waals surface area contributed by atoms with Crippen LogP contribution < -0.4 is 0 Å². The van der Waals surface area contributed by atoms with Crippen LogP contribution >= 0.6 is 0 Å². The van der Waals surface area contributed by atoms with Gasteiger partial charge in [0.05, 0.1) is 18.0 Å². The lowest BCUT2D eigenvalue weighted by Gasteiger charge is -2.18. The molecular weight excluding hydrogens is 392 g/mol. The van der Waals surface area contributed by atoms with Gasteiger partial charge < -0.3 is 0 Å². The van der Waals surface area contributed by atoms with Gasteiger partial charge in [0.1, 0.15) is 0 Å². The summed E-state index contributed by atoms with van der Waals surface area (Å²) in [6.45, 7) is 0.744. The quantitative estimate of drug-likeness (QED) is 0.602. The summed E-state index contributed by atoms with van der Waals surface area (Å²) in [6, 6.07) is 12.3. The molecule has 4 nitrogen and oxygen atoms in total. The minimum atomic E-state index is 0.234. The molecule has 1 aromatic carbocycles. The van der Waals surface area contributed by atoms with Gasteiger partial charge in [-0.1, -0.05) is 60.7 Å². The van der Waals surface area contributed by atoms with Gasteiger partial charge in [-0.2, -0.15) is 0 Å². The average molecular weight is 415 g/mol. The highest BCUT2D eigenvalue weighted by Gasteiger charge is 2.20. The largest absolute Gasteiger partial charge is 0.299 e. The maximum atomic E-state index is 8.52. The number of hydrogen-bond acceptors (Lipinski definition) is 4. The van der Waals surface area contributed by atoms with Crippen LogP contribution in [0.3, 0.4) is 0 Å². The van der Waals surface area contributed by atoms with Gasteiger partial charge >= 0.3 is 0 Å². The Bertz CT molecular complexity index is 1310. The molecule has 0 bridgehead atoms.